The number of aromatic nitrogens is 8. The molecule has 5 N–H and O–H groups in total. The molecule has 2 saturated heterocycles. The number of hydrogen-bond donors (Lipinski definition) is 4. The van der Waals surface area contributed by atoms with Gasteiger partial charge in [0.25, 0.3) is 11.8 Å². The summed E-state index contributed by atoms with van der Waals surface area (Å²) in [7, 11) is 0. The van der Waals surface area contributed by atoms with Gasteiger partial charge in [0.2, 0.25) is 17.8 Å². The molecule has 20 nitrogen and oxygen atoms in total. The van der Waals surface area contributed by atoms with E-state index < -0.39 is 29.7 Å². The van der Waals surface area contributed by atoms with Gasteiger partial charge in [0.05, 0.1) is 47.2 Å². The Bertz CT molecular complexity index is 2640. The van der Waals surface area contributed by atoms with Gasteiger partial charge in [-0.25, -0.2) is 14.8 Å². The van der Waals surface area contributed by atoms with E-state index in [4.69, 9.17) is 29.9 Å². The average Bonchev–Trinajstić information content (AvgIpc) is 4.06. The van der Waals surface area contributed by atoms with Gasteiger partial charge in [0.1, 0.15) is 47.1 Å². The van der Waals surface area contributed by atoms with Crippen LogP contribution in [0.5, 0.6) is 11.5 Å². The number of carbonyl (C=O) groups excluding carboxylic acids is 3. The van der Waals surface area contributed by atoms with E-state index in [2.05, 4.69) is 25.7 Å². The highest BCUT2D eigenvalue weighted by molar-refractivity contribution is 6.05. The van der Waals surface area contributed by atoms with E-state index >= 15 is 0 Å². The third-order valence-corrected chi connectivity index (χ3v) is 11.8. The summed E-state index contributed by atoms with van der Waals surface area (Å²) in [6.07, 6.45) is 5.53. The average molecular weight is 861 g/mol. The third-order valence-electron chi connectivity index (χ3n) is 11.8. The molecule has 9 rings (SSSR count). The molecule has 20 heteroatoms. The second kappa shape index (κ2) is 16.7. The van der Waals surface area contributed by atoms with Crippen LogP contribution in [0.4, 0.5) is 11.9 Å². The number of carbonyl (C=O) groups is 4. The summed E-state index contributed by atoms with van der Waals surface area (Å²) < 4.78 is 26.1. The maximum Gasteiger partial charge on any atom is 0.335 e. The lowest BCUT2D eigenvalue weighted by Crippen LogP contribution is -2.55. The Morgan fingerprint density at radius 1 is 0.698 bits per heavy atom. The number of morpholine rings is 1. The topological polar surface area (TPSA) is 241 Å². The Morgan fingerprint density at radius 3 is 1.63 bits per heavy atom. The molecule has 6 aromatic rings. The van der Waals surface area contributed by atoms with Crippen molar-refractivity contribution >= 4 is 57.7 Å². The number of carboxylic acids is 1. The molecule has 7 heterocycles. The quantitative estimate of drug-likeness (QED) is 0.151. The van der Waals surface area contributed by atoms with Gasteiger partial charge in [-0.2, -0.15) is 10.2 Å². The molecule has 0 aliphatic carbocycles. The molecule has 0 radical (unpaired) electrons. The Labute approximate surface area is 360 Å². The van der Waals surface area contributed by atoms with Gasteiger partial charge < -0.3 is 34.2 Å². The van der Waals surface area contributed by atoms with E-state index in [1.807, 2.05) is 32.9 Å². The lowest BCUT2D eigenvalue weighted by atomic mass is 10.1. The SMILES string of the molecule is CCn1nc(C)cc1C(=O)Nc1nc2cc(C(N)=O)cc3c2n1C/C=C/Cn1c(NC(=O)c2cc(C)nn2CC)nc2cc(C(=O)O)cc(c21)OC[C@@H](N1C2CCC1COC2)CO3. The fourth-order valence-corrected chi connectivity index (χ4v) is 8.97. The molecule has 3 atom stereocenters. The first-order chi connectivity index (χ1) is 30.4. The molecule has 328 valence electrons. The summed E-state index contributed by atoms with van der Waals surface area (Å²) >= 11 is 0. The molecule has 3 aliphatic heterocycles. The van der Waals surface area contributed by atoms with Crippen molar-refractivity contribution < 1.29 is 38.5 Å². The van der Waals surface area contributed by atoms with Gasteiger partial charge in [0, 0.05) is 43.8 Å². The number of benzene rings is 2. The standard InChI is InChI=1S/C43H48N12O8/c1-5-53-32(13-23(3)49-53)39(57)47-42-45-30-15-25(38(44)56)17-34-36(30)51(42)11-7-8-12-52-37-31(46-43(52)48-40(58)33-14-24(4)50-54(33)6-2)16-26(41(59)60)18-35(37)63-22-29(21-62-34)55-27-9-10-28(55)20-61-19-27/h7-8,13-18,27-29H,5-6,9-12,19-22H2,1-4H3,(H2,44,56)(H,59,60)(H,45,47,57)(H,46,48,58)/b8-7+/t27?,28?,29-/m0/s1. The van der Waals surface area contributed by atoms with E-state index in [-0.39, 0.29) is 67.2 Å². The molecule has 63 heavy (non-hydrogen) atoms. The zero-order valence-electron chi connectivity index (χ0n) is 35.3. The highest BCUT2D eigenvalue weighted by Gasteiger charge is 2.42. The van der Waals surface area contributed by atoms with E-state index in [0.29, 0.717) is 76.9 Å². The summed E-state index contributed by atoms with van der Waals surface area (Å²) in [4.78, 5) is 64.9. The Hall–Kier alpha value is -7.06. The van der Waals surface area contributed by atoms with Crippen molar-refractivity contribution in [2.24, 2.45) is 5.73 Å². The molecular formula is C43H48N12O8. The highest BCUT2D eigenvalue weighted by Crippen LogP contribution is 2.36. The number of imidazole rings is 2. The first-order valence-corrected chi connectivity index (χ1v) is 21.0. The fraction of sp³-hybridized carbons (Fsp3) is 0.395. The molecule has 0 spiro atoms. The van der Waals surface area contributed by atoms with E-state index in [1.54, 1.807) is 49.7 Å². The number of ether oxygens (including phenoxy) is 3. The predicted molar refractivity (Wildman–Crippen MR) is 230 cm³/mol. The fourth-order valence-electron chi connectivity index (χ4n) is 8.97. The van der Waals surface area contributed by atoms with Gasteiger partial charge in [-0.3, -0.25) is 39.3 Å². The van der Waals surface area contributed by atoms with Gasteiger partial charge in [0.15, 0.2) is 0 Å². The zero-order valence-corrected chi connectivity index (χ0v) is 35.3. The minimum Gasteiger partial charge on any atom is -0.490 e. The van der Waals surface area contributed by atoms with Crippen molar-refractivity contribution in [3.8, 4) is 11.5 Å². The van der Waals surface area contributed by atoms with Crippen molar-refractivity contribution in [2.45, 2.75) is 84.8 Å². The van der Waals surface area contributed by atoms with Crippen LogP contribution in [0.3, 0.4) is 0 Å². The number of primary amides is 1. The second-order valence-electron chi connectivity index (χ2n) is 15.9. The molecule has 4 aromatic heterocycles. The van der Waals surface area contributed by atoms with Crippen molar-refractivity contribution in [1.29, 1.82) is 0 Å². The van der Waals surface area contributed by atoms with Crippen molar-refractivity contribution in [3.63, 3.8) is 0 Å². The monoisotopic (exact) mass is 860 g/mol. The van der Waals surface area contributed by atoms with Crippen LogP contribution >= 0.6 is 0 Å². The van der Waals surface area contributed by atoms with Crippen molar-refractivity contribution in [3.05, 3.63) is 82.5 Å². The van der Waals surface area contributed by atoms with Gasteiger partial charge in [-0.15, -0.1) is 0 Å². The molecule has 2 fully saturated rings. The number of nitrogens with two attached hydrogens (primary N) is 1. The van der Waals surface area contributed by atoms with E-state index in [1.165, 1.54) is 12.1 Å². The summed E-state index contributed by atoms with van der Waals surface area (Å²) in [5.74, 6) is -1.82. The summed E-state index contributed by atoms with van der Waals surface area (Å²) in [6, 6.07) is 9.22. The summed E-state index contributed by atoms with van der Waals surface area (Å²) in [5, 5.41) is 25.0. The largest absolute Gasteiger partial charge is 0.490 e. The van der Waals surface area contributed by atoms with Gasteiger partial charge in [-0.1, -0.05) is 12.2 Å². The van der Waals surface area contributed by atoms with Crippen molar-refractivity contribution in [1.82, 2.24) is 43.6 Å². The summed E-state index contributed by atoms with van der Waals surface area (Å²) in [5.41, 5.74) is 9.65. The number of aryl methyl sites for hydroxylation is 4. The number of allylic oxidation sites excluding steroid dienone is 2. The Kier molecular flexibility index (Phi) is 10.9. The number of fused-ring (bicyclic) bond motifs is 2. The van der Waals surface area contributed by atoms with Gasteiger partial charge in [-0.05, 0) is 76.9 Å². The number of carboxylic acid groups (broad SMARTS) is 1. The van der Waals surface area contributed by atoms with Crippen molar-refractivity contribution in [2.75, 3.05) is 37.1 Å². The van der Waals surface area contributed by atoms with Crippen LogP contribution in [0.2, 0.25) is 0 Å². The molecule has 2 aromatic carbocycles. The predicted octanol–water partition coefficient (Wildman–Crippen LogP) is 4.00. The molecule has 2 unspecified atom stereocenters. The van der Waals surface area contributed by atoms with Crippen LogP contribution < -0.4 is 25.8 Å². The second-order valence-corrected chi connectivity index (χ2v) is 15.9. The smallest absolute Gasteiger partial charge is 0.335 e. The molecule has 0 saturated carbocycles. The molecular weight excluding hydrogens is 813 g/mol. The number of amides is 3. The first-order valence-electron chi connectivity index (χ1n) is 21.0. The third kappa shape index (κ3) is 7.75. The maximum absolute atomic E-state index is 13.9. The Morgan fingerprint density at radius 2 is 1.17 bits per heavy atom. The maximum atomic E-state index is 13.9. The lowest BCUT2D eigenvalue weighted by molar-refractivity contribution is -0.0534. The van der Waals surface area contributed by atoms with E-state index in [0.717, 1.165) is 12.8 Å². The number of hydrogen-bond acceptors (Lipinski definition) is 12. The minimum atomic E-state index is -1.17. The van der Waals surface area contributed by atoms with Crippen LogP contribution in [-0.4, -0.2) is 117 Å². The number of nitrogens with zero attached hydrogens (tertiary/aromatic N) is 9. The van der Waals surface area contributed by atoms with Gasteiger partial charge >= 0.3 is 5.97 Å². The van der Waals surface area contributed by atoms with Crippen LogP contribution in [0.25, 0.3) is 22.1 Å². The minimum absolute atomic E-state index is 0.0448. The van der Waals surface area contributed by atoms with Crippen LogP contribution in [0.15, 0.2) is 48.6 Å². The lowest BCUT2D eigenvalue weighted by Gasteiger charge is -2.40. The number of aromatic carboxylic acids is 1. The van der Waals surface area contributed by atoms with Crippen LogP contribution in [0, 0.1) is 13.8 Å². The Balaban J connectivity index is 1.19. The zero-order chi connectivity index (χ0) is 44.1. The number of nitrogens with one attached hydrogen (secondary N) is 2. The van der Waals surface area contributed by atoms with Crippen LogP contribution in [0.1, 0.15) is 79.8 Å². The number of rotatable bonds is 9. The molecule has 3 aliphatic rings. The summed E-state index contributed by atoms with van der Waals surface area (Å²) in [6.45, 7) is 9.83. The van der Waals surface area contributed by atoms with E-state index in [9.17, 15) is 24.3 Å². The number of anilines is 2. The molecule has 3 amide bonds. The van der Waals surface area contributed by atoms with Crippen LogP contribution in [-0.2, 0) is 30.9 Å². The normalized spacial score (nSPS) is 19.5. The first kappa shape index (κ1) is 41.3. The highest BCUT2D eigenvalue weighted by atomic mass is 16.5. The molecule has 2 bridgehead atoms.